The van der Waals surface area contributed by atoms with E-state index in [4.69, 9.17) is 0 Å². The minimum absolute atomic E-state index is 0.0490. The van der Waals surface area contributed by atoms with Gasteiger partial charge in [0.1, 0.15) is 0 Å². The zero-order chi connectivity index (χ0) is 14.4. The molecule has 0 saturated carbocycles. The van der Waals surface area contributed by atoms with Gasteiger partial charge in [0.25, 0.3) is 5.56 Å². The van der Waals surface area contributed by atoms with Crippen LogP contribution in [-0.4, -0.2) is 21.6 Å². The van der Waals surface area contributed by atoms with E-state index in [0.717, 1.165) is 5.56 Å². The number of carbonyl (C=O) groups is 1. The Bertz CT molecular complexity index is 628. The molecule has 104 valence electrons. The molecule has 2 rings (SSSR count). The van der Waals surface area contributed by atoms with Crippen LogP contribution >= 0.6 is 11.8 Å². The van der Waals surface area contributed by atoms with Crippen molar-refractivity contribution in [2.24, 2.45) is 0 Å². The first-order valence-corrected chi connectivity index (χ1v) is 7.16. The molecule has 0 aliphatic rings. The Labute approximate surface area is 120 Å². The smallest absolute Gasteiger partial charge is 0.251 e. The molecule has 1 heterocycles. The van der Waals surface area contributed by atoms with E-state index in [9.17, 15) is 9.59 Å². The van der Waals surface area contributed by atoms with Crippen molar-refractivity contribution in [1.29, 1.82) is 0 Å². The molecule has 6 heteroatoms. The van der Waals surface area contributed by atoms with Gasteiger partial charge in [-0.3, -0.25) is 9.59 Å². The number of H-pyrrole nitrogens is 1. The van der Waals surface area contributed by atoms with Crippen molar-refractivity contribution in [3.8, 4) is 0 Å². The highest BCUT2D eigenvalue weighted by atomic mass is 32.2. The van der Waals surface area contributed by atoms with Gasteiger partial charge in [0.05, 0.1) is 11.8 Å². The predicted molar refractivity (Wildman–Crippen MR) is 78.6 cm³/mol. The average molecular weight is 289 g/mol. The van der Waals surface area contributed by atoms with Crippen LogP contribution in [0.3, 0.4) is 0 Å². The number of amides is 1. The Morgan fingerprint density at radius 1 is 1.35 bits per heavy atom. The summed E-state index contributed by atoms with van der Waals surface area (Å²) < 4.78 is 0. The van der Waals surface area contributed by atoms with Crippen LogP contribution in [-0.2, 0) is 4.79 Å². The van der Waals surface area contributed by atoms with E-state index in [2.05, 4.69) is 15.3 Å². The molecule has 2 N–H and O–H groups in total. The van der Waals surface area contributed by atoms with Crippen LogP contribution in [0, 0.1) is 0 Å². The number of hydrogen-bond acceptors (Lipinski definition) is 4. The van der Waals surface area contributed by atoms with Crippen molar-refractivity contribution in [2.45, 2.75) is 18.1 Å². The van der Waals surface area contributed by atoms with E-state index in [1.165, 1.54) is 24.0 Å². The second kappa shape index (κ2) is 6.91. The summed E-state index contributed by atoms with van der Waals surface area (Å²) in [6, 6.07) is 11.0. The number of hydrogen-bond donors (Lipinski definition) is 2. The molecule has 0 radical (unpaired) electrons. The summed E-state index contributed by atoms with van der Waals surface area (Å²) in [6.07, 6.45) is 1.42. The van der Waals surface area contributed by atoms with Crippen molar-refractivity contribution in [2.75, 3.05) is 5.75 Å². The lowest BCUT2D eigenvalue weighted by atomic mass is 10.1. The summed E-state index contributed by atoms with van der Waals surface area (Å²) in [5.41, 5.74) is 0.831. The van der Waals surface area contributed by atoms with Crippen molar-refractivity contribution in [3.63, 3.8) is 0 Å². The highest BCUT2D eigenvalue weighted by Gasteiger charge is 2.10. The second-order valence-corrected chi connectivity index (χ2v) is 5.19. The Balaban J connectivity index is 1.85. The molecule has 5 nitrogen and oxygen atoms in total. The Morgan fingerprint density at radius 3 is 2.80 bits per heavy atom. The molecule has 0 aliphatic heterocycles. The van der Waals surface area contributed by atoms with Gasteiger partial charge in [-0.25, -0.2) is 4.98 Å². The summed E-state index contributed by atoms with van der Waals surface area (Å²) in [4.78, 5) is 29.5. The molecule has 0 unspecified atom stereocenters. The van der Waals surface area contributed by atoms with Crippen LogP contribution in [0.2, 0.25) is 0 Å². The zero-order valence-electron chi connectivity index (χ0n) is 11.0. The molecule has 1 aromatic carbocycles. The lowest BCUT2D eigenvalue weighted by Crippen LogP contribution is -2.28. The topological polar surface area (TPSA) is 74.8 Å². The average Bonchev–Trinajstić information content (AvgIpc) is 2.46. The van der Waals surface area contributed by atoms with Gasteiger partial charge < -0.3 is 10.3 Å². The summed E-state index contributed by atoms with van der Waals surface area (Å²) >= 11 is 1.20. The maximum Gasteiger partial charge on any atom is 0.251 e. The lowest BCUT2D eigenvalue weighted by molar-refractivity contribution is -0.119. The Hall–Kier alpha value is -2.08. The van der Waals surface area contributed by atoms with E-state index in [1.54, 1.807) is 0 Å². The fourth-order valence-electron chi connectivity index (χ4n) is 1.67. The van der Waals surface area contributed by atoms with Crippen LogP contribution < -0.4 is 10.9 Å². The quantitative estimate of drug-likeness (QED) is 0.649. The maximum absolute atomic E-state index is 11.8. The second-order valence-electron chi connectivity index (χ2n) is 4.23. The fourth-order valence-corrected chi connectivity index (χ4v) is 2.33. The van der Waals surface area contributed by atoms with Crippen molar-refractivity contribution in [3.05, 3.63) is 58.5 Å². The minimum atomic E-state index is -0.222. The van der Waals surface area contributed by atoms with Gasteiger partial charge in [0.15, 0.2) is 5.16 Å². The van der Waals surface area contributed by atoms with Gasteiger partial charge >= 0.3 is 0 Å². The summed E-state index contributed by atoms with van der Waals surface area (Å²) in [7, 11) is 0. The van der Waals surface area contributed by atoms with Gasteiger partial charge in [0, 0.05) is 12.3 Å². The molecule has 0 fully saturated rings. The van der Waals surface area contributed by atoms with Gasteiger partial charge in [-0.15, -0.1) is 0 Å². The van der Waals surface area contributed by atoms with E-state index >= 15 is 0 Å². The molecular weight excluding hydrogens is 274 g/mol. The van der Waals surface area contributed by atoms with Gasteiger partial charge in [-0.05, 0) is 12.5 Å². The van der Waals surface area contributed by atoms with Gasteiger partial charge in [0.2, 0.25) is 5.91 Å². The minimum Gasteiger partial charge on any atom is -0.349 e. The van der Waals surface area contributed by atoms with Crippen LogP contribution in [0.5, 0.6) is 0 Å². The molecule has 0 saturated heterocycles. The number of nitrogens with one attached hydrogen (secondary N) is 2. The van der Waals surface area contributed by atoms with Gasteiger partial charge in [-0.1, -0.05) is 42.1 Å². The molecular formula is C14H15N3O2S. The Morgan fingerprint density at radius 2 is 2.10 bits per heavy atom. The van der Waals surface area contributed by atoms with E-state index in [-0.39, 0.29) is 23.3 Å². The number of carbonyl (C=O) groups excluding carboxylic acids is 1. The number of aromatic nitrogens is 2. The largest absolute Gasteiger partial charge is 0.349 e. The van der Waals surface area contributed by atoms with Crippen LogP contribution in [0.15, 0.2) is 52.5 Å². The highest BCUT2D eigenvalue weighted by molar-refractivity contribution is 7.99. The normalized spacial score (nSPS) is 11.8. The number of nitrogens with zero attached hydrogens (tertiary/aromatic N) is 1. The van der Waals surface area contributed by atoms with Crippen molar-refractivity contribution in [1.82, 2.24) is 15.3 Å². The summed E-state index contributed by atoms with van der Waals surface area (Å²) in [5, 5.41) is 3.35. The molecule has 1 amide bonds. The molecule has 0 bridgehead atoms. The number of thioether (sulfide) groups is 1. The van der Waals surface area contributed by atoms with Crippen LogP contribution in [0.1, 0.15) is 18.5 Å². The fraction of sp³-hybridized carbons (Fsp3) is 0.214. The third-order valence-electron chi connectivity index (χ3n) is 2.66. The van der Waals surface area contributed by atoms with Crippen molar-refractivity contribution < 1.29 is 4.79 Å². The number of aromatic amines is 1. The SMILES string of the molecule is C[C@@H](NC(=O)CSc1nccc(=O)[nH]1)c1ccccc1. The van der Waals surface area contributed by atoms with Crippen molar-refractivity contribution >= 4 is 17.7 Å². The molecule has 1 atom stereocenters. The van der Waals surface area contributed by atoms with E-state index < -0.39 is 0 Å². The number of rotatable bonds is 5. The standard InChI is InChI=1S/C14H15N3O2S/c1-10(11-5-3-2-4-6-11)16-13(19)9-20-14-15-8-7-12(18)17-14/h2-8,10H,9H2,1H3,(H,16,19)(H,15,17,18)/t10-/m1/s1. The van der Waals surface area contributed by atoms with Gasteiger partial charge in [-0.2, -0.15) is 0 Å². The molecule has 0 aliphatic carbocycles. The monoisotopic (exact) mass is 289 g/mol. The van der Waals surface area contributed by atoms with E-state index in [1.807, 2.05) is 37.3 Å². The molecule has 0 spiro atoms. The molecule has 1 aromatic heterocycles. The first kappa shape index (κ1) is 14.3. The Kier molecular flexibility index (Phi) is 4.95. The van der Waals surface area contributed by atoms with E-state index in [0.29, 0.717) is 5.16 Å². The highest BCUT2D eigenvalue weighted by Crippen LogP contribution is 2.13. The molecule has 2 aromatic rings. The number of benzene rings is 1. The summed E-state index contributed by atoms with van der Waals surface area (Å²) in [5.74, 6) is 0.113. The first-order valence-electron chi connectivity index (χ1n) is 6.17. The van der Waals surface area contributed by atoms with Crippen LogP contribution in [0.25, 0.3) is 0 Å². The summed E-state index contributed by atoms with van der Waals surface area (Å²) in [6.45, 7) is 1.93. The third-order valence-corrected chi connectivity index (χ3v) is 3.55. The lowest BCUT2D eigenvalue weighted by Gasteiger charge is -2.13. The first-order chi connectivity index (χ1) is 9.65. The maximum atomic E-state index is 11.8. The zero-order valence-corrected chi connectivity index (χ0v) is 11.8. The van der Waals surface area contributed by atoms with Crippen LogP contribution in [0.4, 0.5) is 0 Å². The third kappa shape index (κ3) is 4.24. The molecule has 20 heavy (non-hydrogen) atoms. The predicted octanol–water partition coefficient (Wildman–Crippen LogP) is 1.74.